The van der Waals surface area contributed by atoms with Crippen molar-refractivity contribution in [3.05, 3.63) is 12.4 Å². The van der Waals surface area contributed by atoms with E-state index < -0.39 is 5.97 Å². The Morgan fingerprint density at radius 2 is 2.25 bits per heavy atom. The lowest BCUT2D eigenvalue weighted by Crippen LogP contribution is -2.15. The first-order chi connectivity index (χ1) is 9.55. The van der Waals surface area contributed by atoms with Gasteiger partial charge in [-0.1, -0.05) is 13.3 Å². The van der Waals surface area contributed by atoms with E-state index in [1.807, 2.05) is 0 Å². The highest BCUT2D eigenvalue weighted by Crippen LogP contribution is 2.15. The predicted octanol–water partition coefficient (Wildman–Crippen LogP) is 1.06. The Morgan fingerprint density at radius 3 is 2.85 bits per heavy atom. The zero-order valence-electron chi connectivity index (χ0n) is 11.7. The first-order valence-corrected chi connectivity index (χ1v) is 6.79. The molecule has 0 aliphatic heterocycles. The van der Waals surface area contributed by atoms with Gasteiger partial charge in [-0.15, -0.1) is 0 Å². The summed E-state index contributed by atoms with van der Waals surface area (Å²) in [6.45, 7) is 2.51. The molecule has 20 heavy (non-hydrogen) atoms. The minimum Gasteiger partial charge on any atom is -0.480 e. The van der Waals surface area contributed by atoms with Gasteiger partial charge >= 0.3 is 5.97 Å². The summed E-state index contributed by atoms with van der Waals surface area (Å²) in [6.07, 6.45) is 6.13. The molecule has 0 aliphatic carbocycles. The van der Waals surface area contributed by atoms with Crippen molar-refractivity contribution in [3.63, 3.8) is 0 Å². The van der Waals surface area contributed by atoms with Crippen molar-refractivity contribution in [1.29, 1.82) is 0 Å². The van der Waals surface area contributed by atoms with E-state index in [9.17, 15) is 9.59 Å². The van der Waals surface area contributed by atoms with Crippen molar-refractivity contribution in [2.75, 3.05) is 11.9 Å². The van der Waals surface area contributed by atoms with Crippen molar-refractivity contribution >= 4 is 17.6 Å². The van der Waals surface area contributed by atoms with Crippen LogP contribution >= 0.6 is 0 Å². The summed E-state index contributed by atoms with van der Waals surface area (Å²) in [5, 5.41) is 15.2. The number of carbonyl (C=O) groups excluding carboxylic acids is 1. The van der Waals surface area contributed by atoms with Crippen LogP contribution in [0.2, 0.25) is 0 Å². The average molecular weight is 282 g/mol. The monoisotopic (exact) mass is 282 g/mol. The standard InChI is InChI=1S/C13H22N4O3/c1-2-10(5-6-14)3-4-12(18)16-11-7-15-17(8-11)9-13(19)20/h7-8,10H,2-6,9,14H2,1H3,(H,16,18)(H,19,20). The van der Waals surface area contributed by atoms with Gasteiger partial charge in [0, 0.05) is 12.6 Å². The molecule has 1 rings (SSSR count). The zero-order chi connectivity index (χ0) is 15.0. The van der Waals surface area contributed by atoms with Gasteiger partial charge in [0.05, 0.1) is 11.9 Å². The normalized spacial score (nSPS) is 12.1. The van der Waals surface area contributed by atoms with Gasteiger partial charge in [0.2, 0.25) is 5.91 Å². The van der Waals surface area contributed by atoms with Crippen LogP contribution in [0.15, 0.2) is 12.4 Å². The zero-order valence-corrected chi connectivity index (χ0v) is 11.7. The van der Waals surface area contributed by atoms with Crippen LogP contribution in [-0.4, -0.2) is 33.3 Å². The number of hydrogen-bond acceptors (Lipinski definition) is 4. The van der Waals surface area contributed by atoms with E-state index in [2.05, 4.69) is 17.3 Å². The van der Waals surface area contributed by atoms with Gasteiger partial charge in [-0.05, 0) is 25.3 Å². The molecule has 0 aromatic carbocycles. The molecule has 112 valence electrons. The van der Waals surface area contributed by atoms with Crippen molar-refractivity contribution in [3.8, 4) is 0 Å². The number of aliphatic carboxylic acids is 1. The number of aromatic nitrogens is 2. The number of hydrogen-bond donors (Lipinski definition) is 3. The third kappa shape index (κ3) is 5.83. The Kier molecular flexibility index (Phi) is 6.72. The van der Waals surface area contributed by atoms with E-state index in [0.29, 0.717) is 24.6 Å². The van der Waals surface area contributed by atoms with Crippen LogP contribution in [0.3, 0.4) is 0 Å². The lowest BCUT2D eigenvalue weighted by molar-refractivity contribution is -0.137. The number of carboxylic acids is 1. The van der Waals surface area contributed by atoms with Crippen LogP contribution in [0.4, 0.5) is 5.69 Å². The number of nitrogens with zero attached hydrogens (tertiary/aromatic N) is 2. The van der Waals surface area contributed by atoms with E-state index in [1.165, 1.54) is 17.1 Å². The van der Waals surface area contributed by atoms with E-state index in [0.717, 1.165) is 19.3 Å². The average Bonchev–Trinajstić information content (AvgIpc) is 2.80. The maximum atomic E-state index is 11.8. The Bertz CT molecular complexity index is 445. The van der Waals surface area contributed by atoms with Crippen LogP contribution < -0.4 is 11.1 Å². The Labute approximate surface area is 118 Å². The molecular formula is C13H22N4O3. The molecular weight excluding hydrogens is 260 g/mol. The van der Waals surface area contributed by atoms with E-state index in [1.54, 1.807) is 0 Å². The summed E-state index contributed by atoms with van der Waals surface area (Å²) in [7, 11) is 0. The SMILES string of the molecule is CCC(CCN)CCC(=O)Nc1cnn(CC(=O)O)c1. The second-order valence-electron chi connectivity index (χ2n) is 4.76. The summed E-state index contributed by atoms with van der Waals surface area (Å²) in [5.41, 5.74) is 6.03. The molecule has 1 unspecified atom stereocenters. The molecule has 1 heterocycles. The second-order valence-corrected chi connectivity index (χ2v) is 4.76. The van der Waals surface area contributed by atoms with Gasteiger partial charge in [-0.25, -0.2) is 0 Å². The van der Waals surface area contributed by atoms with Crippen molar-refractivity contribution < 1.29 is 14.7 Å². The molecule has 0 saturated heterocycles. The van der Waals surface area contributed by atoms with Gasteiger partial charge in [0.25, 0.3) is 0 Å². The molecule has 0 bridgehead atoms. The third-order valence-corrected chi connectivity index (χ3v) is 3.15. The molecule has 1 atom stereocenters. The Balaban J connectivity index is 2.38. The fraction of sp³-hybridized carbons (Fsp3) is 0.615. The Hall–Kier alpha value is -1.89. The summed E-state index contributed by atoms with van der Waals surface area (Å²) in [6, 6.07) is 0. The van der Waals surface area contributed by atoms with Crippen LogP contribution in [-0.2, 0) is 16.1 Å². The minimum absolute atomic E-state index is 0.0876. The molecule has 0 aliphatic rings. The molecule has 7 heteroatoms. The molecule has 0 saturated carbocycles. The number of anilines is 1. The van der Waals surface area contributed by atoms with Gasteiger partial charge < -0.3 is 16.2 Å². The molecule has 0 spiro atoms. The van der Waals surface area contributed by atoms with Crippen molar-refractivity contribution in [2.45, 2.75) is 39.2 Å². The van der Waals surface area contributed by atoms with E-state index in [-0.39, 0.29) is 12.5 Å². The van der Waals surface area contributed by atoms with Gasteiger partial charge in [0.1, 0.15) is 6.54 Å². The smallest absolute Gasteiger partial charge is 0.325 e. The minimum atomic E-state index is -0.974. The maximum Gasteiger partial charge on any atom is 0.325 e. The molecule has 1 aromatic rings. The number of nitrogens with one attached hydrogen (secondary N) is 1. The molecule has 4 N–H and O–H groups in total. The summed E-state index contributed by atoms with van der Waals surface area (Å²) >= 11 is 0. The topological polar surface area (TPSA) is 110 Å². The maximum absolute atomic E-state index is 11.8. The first-order valence-electron chi connectivity index (χ1n) is 6.79. The van der Waals surface area contributed by atoms with Crippen LogP contribution in [0, 0.1) is 5.92 Å². The van der Waals surface area contributed by atoms with E-state index in [4.69, 9.17) is 10.8 Å². The number of amides is 1. The second kappa shape index (κ2) is 8.31. The third-order valence-electron chi connectivity index (χ3n) is 3.15. The quantitative estimate of drug-likeness (QED) is 0.627. The van der Waals surface area contributed by atoms with Gasteiger partial charge in [-0.3, -0.25) is 14.3 Å². The van der Waals surface area contributed by atoms with Gasteiger partial charge in [-0.2, -0.15) is 5.10 Å². The molecule has 1 amide bonds. The summed E-state index contributed by atoms with van der Waals surface area (Å²) < 4.78 is 1.27. The van der Waals surface area contributed by atoms with Crippen molar-refractivity contribution in [2.24, 2.45) is 11.7 Å². The molecule has 0 radical (unpaired) electrons. The largest absolute Gasteiger partial charge is 0.480 e. The fourth-order valence-corrected chi connectivity index (χ4v) is 2.00. The lowest BCUT2D eigenvalue weighted by Gasteiger charge is -2.12. The molecule has 0 fully saturated rings. The number of rotatable bonds is 9. The lowest BCUT2D eigenvalue weighted by atomic mass is 9.96. The molecule has 7 nitrogen and oxygen atoms in total. The Morgan fingerprint density at radius 1 is 1.50 bits per heavy atom. The highest BCUT2D eigenvalue weighted by molar-refractivity contribution is 5.90. The van der Waals surface area contributed by atoms with Crippen LogP contribution in [0.1, 0.15) is 32.6 Å². The molecule has 1 aromatic heterocycles. The number of carbonyl (C=O) groups is 2. The van der Waals surface area contributed by atoms with E-state index >= 15 is 0 Å². The predicted molar refractivity (Wildman–Crippen MR) is 75.2 cm³/mol. The highest BCUT2D eigenvalue weighted by Gasteiger charge is 2.10. The highest BCUT2D eigenvalue weighted by atomic mass is 16.4. The first kappa shape index (κ1) is 16.2. The van der Waals surface area contributed by atoms with Crippen LogP contribution in [0.25, 0.3) is 0 Å². The fourth-order valence-electron chi connectivity index (χ4n) is 2.00. The number of nitrogens with two attached hydrogens (primary N) is 1. The summed E-state index contributed by atoms with van der Waals surface area (Å²) in [5.74, 6) is -0.589. The van der Waals surface area contributed by atoms with Gasteiger partial charge in [0.15, 0.2) is 0 Å². The van der Waals surface area contributed by atoms with Crippen LogP contribution in [0.5, 0.6) is 0 Å². The van der Waals surface area contributed by atoms with Crippen molar-refractivity contribution in [1.82, 2.24) is 9.78 Å². The number of carboxylic acid groups (broad SMARTS) is 1. The summed E-state index contributed by atoms with van der Waals surface area (Å²) in [4.78, 5) is 22.3.